The van der Waals surface area contributed by atoms with Gasteiger partial charge in [-0.1, -0.05) is 0 Å². The molecule has 172 valence electrons. The molecule has 0 amide bonds. The van der Waals surface area contributed by atoms with Crippen LogP contribution in [0.4, 0.5) is 4.39 Å². The molecule has 9 nitrogen and oxygen atoms in total. The van der Waals surface area contributed by atoms with Gasteiger partial charge in [0.25, 0.3) is 0 Å². The second-order valence-corrected chi connectivity index (χ2v) is 8.09. The maximum atomic E-state index is 15.0. The Bertz CT molecular complexity index is 1360. The quantitative estimate of drug-likeness (QED) is 0.448. The minimum Gasteiger partial charge on any atom is -0.478 e. The maximum Gasteiger partial charge on any atom is 0.330 e. The Labute approximate surface area is 188 Å². The van der Waals surface area contributed by atoms with Crippen molar-refractivity contribution in [3.63, 3.8) is 0 Å². The van der Waals surface area contributed by atoms with Gasteiger partial charge in [0.05, 0.1) is 12.1 Å². The number of imidazole rings is 1. The van der Waals surface area contributed by atoms with Gasteiger partial charge in [-0.3, -0.25) is 9.13 Å². The van der Waals surface area contributed by atoms with E-state index < -0.39 is 5.82 Å². The summed E-state index contributed by atoms with van der Waals surface area (Å²) in [6.07, 6.45) is 3.49. The van der Waals surface area contributed by atoms with Gasteiger partial charge in [0.1, 0.15) is 11.3 Å². The Morgan fingerprint density at radius 1 is 1.24 bits per heavy atom. The SMILES string of the molecule is Cn1c(=O)n(C2CCOCC2)c2c3cc(-c4ccc(OCCCO)nc4)c(F)cc3nnc21. The van der Waals surface area contributed by atoms with Crippen molar-refractivity contribution >= 4 is 22.1 Å². The smallest absolute Gasteiger partial charge is 0.330 e. The monoisotopic (exact) mass is 453 g/mol. The molecule has 0 aliphatic carbocycles. The molecule has 0 saturated carbocycles. The molecule has 3 aromatic heterocycles. The number of hydrogen-bond acceptors (Lipinski definition) is 7. The van der Waals surface area contributed by atoms with Crippen LogP contribution >= 0.6 is 0 Å². The van der Waals surface area contributed by atoms with E-state index in [2.05, 4.69) is 15.2 Å². The number of pyridine rings is 1. The van der Waals surface area contributed by atoms with Crippen LogP contribution in [0.15, 0.2) is 35.3 Å². The lowest BCUT2D eigenvalue weighted by atomic mass is 10.0. The maximum absolute atomic E-state index is 15.0. The molecule has 1 saturated heterocycles. The van der Waals surface area contributed by atoms with Crippen molar-refractivity contribution in [2.75, 3.05) is 26.4 Å². The van der Waals surface area contributed by atoms with Crippen molar-refractivity contribution in [3.05, 3.63) is 46.8 Å². The molecule has 33 heavy (non-hydrogen) atoms. The molecule has 0 atom stereocenters. The number of aryl methyl sites for hydroxylation is 1. The van der Waals surface area contributed by atoms with E-state index in [1.165, 1.54) is 10.6 Å². The molecule has 1 fully saturated rings. The standard InChI is InChI=1S/C23H24FN5O4/c1-28-22-21(29(23(28)31)15-5-9-32-10-6-15)17-11-16(18(24)12-19(17)26-27-22)14-3-4-20(25-13-14)33-8-2-7-30/h3-4,11-13,15,30H,2,5-10H2,1H3. The van der Waals surface area contributed by atoms with Crippen LogP contribution in [-0.2, 0) is 11.8 Å². The first kappa shape index (κ1) is 21.5. The molecule has 1 aliphatic rings. The number of fused-ring (bicyclic) bond motifs is 3. The van der Waals surface area contributed by atoms with E-state index >= 15 is 4.39 Å². The summed E-state index contributed by atoms with van der Waals surface area (Å²) >= 11 is 0. The van der Waals surface area contributed by atoms with E-state index in [0.717, 1.165) is 12.8 Å². The summed E-state index contributed by atoms with van der Waals surface area (Å²) in [5.41, 5.74) is 2.24. The van der Waals surface area contributed by atoms with Crippen LogP contribution in [0.25, 0.3) is 33.2 Å². The highest BCUT2D eigenvalue weighted by atomic mass is 19.1. The van der Waals surface area contributed by atoms with Crippen LogP contribution in [0.5, 0.6) is 5.88 Å². The number of aliphatic hydroxyl groups excluding tert-OH is 1. The van der Waals surface area contributed by atoms with Crippen LogP contribution in [0, 0.1) is 5.82 Å². The van der Waals surface area contributed by atoms with Gasteiger partial charge >= 0.3 is 5.69 Å². The lowest BCUT2D eigenvalue weighted by Crippen LogP contribution is -2.29. The van der Waals surface area contributed by atoms with Gasteiger partial charge in [-0.05, 0) is 25.0 Å². The van der Waals surface area contributed by atoms with Crippen molar-refractivity contribution in [2.45, 2.75) is 25.3 Å². The van der Waals surface area contributed by atoms with E-state index in [-0.39, 0.29) is 18.3 Å². The Morgan fingerprint density at radius 3 is 2.79 bits per heavy atom. The summed E-state index contributed by atoms with van der Waals surface area (Å²) in [6.45, 7) is 1.56. The number of hydrogen-bond donors (Lipinski definition) is 1. The third-order valence-electron chi connectivity index (χ3n) is 6.01. The summed E-state index contributed by atoms with van der Waals surface area (Å²) in [4.78, 5) is 17.4. The topological polar surface area (TPSA) is 104 Å². The fourth-order valence-electron chi connectivity index (χ4n) is 4.29. The van der Waals surface area contributed by atoms with E-state index in [1.807, 2.05) is 0 Å². The van der Waals surface area contributed by atoms with Gasteiger partial charge in [-0.25, -0.2) is 14.2 Å². The summed E-state index contributed by atoms with van der Waals surface area (Å²) in [5, 5.41) is 17.9. The molecule has 1 aromatic carbocycles. The first-order valence-corrected chi connectivity index (χ1v) is 10.9. The van der Waals surface area contributed by atoms with Crippen LogP contribution in [0.1, 0.15) is 25.3 Å². The second-order valence-electron chi connectivity index (χ2n) is 8.09. The van der Waals surface area contributed by atoms with Crippen LogP contribution in [0.3, 0.4) is 0 Å². The van der Waals surface area contributed by atoms with Crippen LogP contribution < -0.4 is 10.4 Å². The molecule has 4 heterocycles. The average molecular weight is 453 g/mol. The minimum absolute atomic E-state index is 0.0205. The van der Waals surface area contributed by atoms with Crippen LogP contribution in [-0.4, -0.2) is 55.8 Å². The second kappa shape index (κ2) is 8.87. The number of halogens is 1. The lowest BCUT2D eigenvalue weighted by Gasteiger charge is -2.23. The number of benzene rings is 1. The molecule has 0 unspecified atom stereocenters. The molecule has 1 aliphatic heterocycles. The number of aromatic nitrogens is 5. The largest absolute Gasteiger partial charge is 0.478 e. The highest BCUT2D eigenvalue weighted by Crippen LogP contribution is 2.32. The lowest BCUT2D eigenvalue weighted by molar-refractivity contribution is 0.0697. The van der Waals surface area contributed by atoms with E-state index in [0.29, 0.717) is 65.3 Å². The number of aliphatic hydroxyl groups is 1. The van der Waals surface area contributed by atoms with Gasteiger partial charge in [0.15, 0.2) is 5.65 Å². The first-order valence-electron chi connectivity index (χ1n) is 10.9. The van der Waals surface area contributed by atoms with E-state index in [1.54, 1.807) is 36.0 Å². The van der Waals surface area contributed by atoms with Crippen LogP contribution in [0.2, 0.25) is 0 Å². The molecule has 4 aromatic rings. The zero-order valence-corrected chi connectivity index (χ0v) is 18.2. The minimum atomic E-state index is -0.456. The summed E-state index contributed by atoms with van der Waals surface area (Å²) in [7, 11) is 1.67. The van der Waals surface area contributed by atoms with Crippen molar-refractivity contribution in [3.8, 4) is 17.0 Å². The Morgan fingerprint density at radius 2 is 2.06 bits per heavy atom. The number of ether oxygens (including phenoxy) is 2. The van der Waals surface area contributed by atoms with E-state index in [4.69, 9.17) is 14.6 Å². The fraction of sp³-hybridized carbons (Fsp3) is 0.391. The van der Waals surface area contributed by atoms with E-state index in [9.17, 15) is 4.79 Å². The normalized spacial score (nSPS) is 14.9. The van der Waals surface area contributed by atoms with Gasteiger partial charge < -0.3 is 14.6 Å². The molecule has 1 N–H and O–H groups in total. The zero-order valence-electron chi connectivity index (χ0n) is 18.2. The zero-order chi connectivity index (χ0) is 22.9. The van der Waals surface area contributed by atoms with Gasteiger partial charge in [0, 0.05) is 74.2 Å². The molecular formula is C23H24FN5O4. The van der Waals surface area contributed by atoms with Crippen molar-refractivity contribution in [1.82, 2.24) is 24.3 Å². The van der Waals surface area contributed by atoms with Crippen molar-refractivity contribution in [1.29, 1.82) is 0 Å². The molecule has 10 heteroatoms. The summed E-state index contributed by atoms with van der Waals surface area (Å²) < 4.78 is 29.2. The first-order chi connectivity index (χ1) is 16.1. The predicted molar refractivity (Wildman–Crippen MR) is 120 cm³/mol. The van der Waals surface area contributed by atoms with Gasteiger partial charge in [-0.15, -0.1) is 10.2 Å². The predicted octanol–water partition coefficient (Wildman–Crippen LogP) is 2.60. The number of rotatable bonds is 6. The molecule has 0 radical (unpaired) electrons. The highest BCUT2D eigenvalue weighted by Gasteiger charge is 2.25. The molecular weight excluding hydrogens is 429 g/mol. The fourth-order valence-corrected chi connectivity index (χ4v) is 4.29. The average Bonchev–Trinajstić information content (AvgIpc) is 3.10. The molecule has 5 rings (SSSR count). The third kappa shape index (κ3) is 3.85. The van der Waals surface area contributed by atoms with Gasteiger partial charge in [0.2, 0.25) is 5.88 Å². The Kier molecular flexibility index (Phi) is 5.77. The van der Waals surface area contributed by atoms with Crippen molar-refractivity contribution < 1.29 is 19.0 Å². The highest BCUT2D eigenvalue weighted by molar-refractivity contribution is 6.02. The summed E-state index contributed by atoms with van der Waals surface area (Å²) in [6, 6.07) is 6.42. The third-order valence-corrected chi connectivity index (χ3v) is 6.01. The Hall–Kier alpha value is -3.37. The van der Waals surface area contributed by atoms with Gasteiger partial charge in [-0.2, -0.15) is 0 Å². The number of nitrogens with zero attached hydrogens (tertiary/aromatic N) is 5. The Balaban J connectivity index is 1.64. The molecule has 0 spiro atoms. The van der Waals surface area contributed by atoms with Crippen molar-refractivity contribution in [2.24, 2.45) is 7.05 Å². The molecule has 0 bridgehead atoms. The summed E-state index contributed by atoms with van der Waals surface area (Å²) in [5.74, 6) is -0.0548.